The maximum Gasteiger partial charge on any atom is 0.165 e. The summed E-state index contributed by atoms with van der Waals surface area (Å²) < 4.78 is 23.3. The third kappa shape index (κ3) is 3.83. The number of carbonyl (C=O) groups excluding carboxylic acids is 1. The molecule has 0 amide bonds. The van der Waals surface area contributed by atoms with E-state index in [0.29, 0.717) is 22.6 Å². The number of ketones is 1. The summed E-state index contributed by atoms with van der Waals surface area (Å²) in [5.41, 5.74) is 1.03. The molecule has 36 heavy (non-hydrogen) atoms. The lowest BCUT2D eigenvalue weighted by Crippen LogP contribution is -2.43. The van der Waals surface area contributed by atoms with E-state index in [1.165, 1.54) is 13.2 Å². The van der Waals surface area contributed by atoms with Gasteiger partial charge in [-0.15, -0.1) is 0 Å². The van der Waals surface area contributed by atoms with Crippen LogP contribution in [0.5, 0.6) is 23.0 Å². The van der Waals surface area contributed by atoms with E-state index in [1.54, 1.807) is 37.3 Å². The zero-order chi connectivity index (χ0) is 25.7. The molecule has 10 nitrogen and oxygen atoms in total. The fraction of sp³-hybridized carbons (Fsp3) is 0.346. The predicted molar refractivity (Wildman–Crippen MR) is 124 cm³/mol. The molecule has 0 spiro atoms. The molecule has 6 unspecified atom stereocenters. The van der Waals surface area contributed by atoms with Crippen molar-refractivity contribution in [2.24, 2.45) is 5.92 Å². The summed E-state index contributed by atoms with van der Waals surface area (Å²) in [5.74, 6) is -1.08. The first-order valence-corrected chi connectivity index (χ1v) is 11.4. The first kappa shape index (κ1) is 24.0. The van der Waals surface area contributed by atoms with Gasteiger partial charge in [-0.2, -0.15) is 0 Å². The summed E-state index contributed by atoms with van der Waals surface area (Å²) >= 11 is 0. The Bertz CT molecular complexity index is 1270. The summed E-state index contributed by atoms with van der Waals surface area (Å²) in [4.78, 5) is 12.2. The van der Waals surface area contributed by atoms with Crippen LogP contribution in [-0.2, 0) is 9.53 Å². The van der Waals surface area contributed by atoms with Gasteiger partial charge in [-0.05, 0) is 29.8 Å². The second kappa shape index (κ2) is 9.05. The average Bonchev–Trinajstić information content (AvgIpc) is 2.88. The Morgan fingerprint density at radius 2 is 1.67 bits per heavy atom. The van der Waals surface area contributed by atoms with Gasteiger partial charge in [-0.25, -0.2) is 0 Å². The standard InChI is InChI=1S/C26H26O10/c1-11-15(29)9-16(30)21-22(31)23(32)26(36-24(11)21)13-4-6-17-19(8-13)35-25(20(10-27)34-17)12-3-5-14(28)18(7-12)33-2/h3-9,11,20,23-28,30-32H,10H2,1-2H3. The highest BCUT2D eigenvalue weighted by Crippen LogP contribution is 2.46. The molecule has 2 heterocycles. The van der Waals surface area contributed by atoms with Crippen molar-refractivity contribution in [1.82, 2.24) is 0 Å². The van der Waals surface area contributed by atoms with Crippen molar-refractivity contribution in [3.05, 3.63) is 70.7 Å². The molecule has 10 heteroatoms. The minimum absolute atomic E-state index is 0.00415. The van der Waals surface area contributed by atoms with Gasteiger partial charge in [0, 0.05) is 17.6 Å². The largest absolute Gasteiger partial charge is 0.509 e. The topological polar surface area (TPSA) is 155 Å². The van der Waals surface area contributed by atoms with Crippen molar-refractivity contribution in [3.8, 4) is 23.0 Å². The van der Waals surface area contributed by atoms with Gasteiger partial charge in [0.25, 0.3) is 0 Å². The number of aliphatic hydroxyl groups excluding tert-OH is 4. The van der Waals surface area contributed by atoms with Crippen LogP contribution >= 0.6 is 0 Å². The lowest BCUT2D eigenvalue weighted by molar-refractivity contribution is -0.133. The number of methoxy groups -OCH3 is 1. The highest BCUT2D eigenvalue weighted by Gasteiger charge is 2.46. The number of aromatic hydroxyl groups is 1. The van der Waals surface area contributed by atoms with Crippen molar-refractivity contribution < 1.29 is 49.3 Å². The Morgan fingerprint density at radius 3 is 2.39 bits per heavy atom. The number of carbonyl (C=O) groups is 1. The fourth-order valence-corrected chi connectivity index (χ4v) is 4.76. The van der Waals surface area contributed by atoms with Crippen LogP contribution in [0, 0.1) is 5.92 Å². The van der Waals surface area contributed by atoms with Gasteiger partial charge in [-0.1, -0.05) is 19.1 Å². The van der Waals surface area contributed by atoms with E-state index in [9.17, 15) is 30.3 Å². The predicted octanol–water partition coefficient (Wildman–Crippen LogP) is 2.55. The van der Waals surface area contributed by atoms with Crippen LogP contribution in [0.25, 0.3) is 0 Å². The molecule has 0 bridgehead atoms. The Morgan fingerprint density at radius 1 is 0.944 bits per heavy atom. The first-order valence-electron chi connectivity index (χ1n) is 11.4. The highest BCUT2D eigenvalue weighted by atomic mass is 16.6. The Labute approximate surface area is 206 Å². The number of phenolic OH excluding ortho intramolecular Hbond substituents is 1. The zero-order valence-electron chi connectivity index (χ0n) is 19.5. The Balaban J connectivity index is 1.49. The van der Waals surface area contributed by atoms with Crippen molar-refractivity contribution in [2.75, 3.05) is 13.7 Å². The molecule has 1 aliphatic carbocycles. The number of allylic oxidation sites excluding steroid dienone is 1. The highest BCUT2D eigenvalue weighted by molar-refractivity contribution is 5.95. The van der Waals surface area contributed by atoms with Crippen LogP contribution in [0.3, 0.4) is 0 Å². The van der Waals surface area contributed by atoms with E-state index in [4.69, 9.17) is 18.9 Å². The van der Waals surface area contributed by atoms with Gasteiger partial charge in [0.05, 0.1) is 19.3 Å². The minimum Gasteiger partial charge on any atom is -0.509 e. The monoisotopic (exact) mass is 498 g/mol. The van der Waals surface area contributed by atoms with E-state index in [-0.39, 0.29) is 29.5 Å². The number of aliphatic hydroxyl groups is 4. The molecule has 0 aromatic heterocycles. The van der Waals surface area contributed by atoms with E-state index in [1.807, 2.05) is 0 Å². The number of hydrogen-bond acceptors (Lipinski definition) is 10. The SMILES string of the molecule is COc1cc(C2Oc3cc(C4OC5C(=C(O)C4O)C(O)=CC(=O)C5C)ccc3OC2CO)ccc1O. The molecule has 0 fully saturated rings. The van der Waals surface area contributed by atoms with E-state index < -0.39 is 48.0 Å². The molecule has 190 valence electrons. The Hall–Kier alpha value is -3.73. The van der Waals surface area contributed by atoms with E-state index in [0.717, 1.165) is 6.08 Å². The summed E-state index contributed by atoms with van der Waals surface area (Å²) in [7, 11) is 1.42. The quantitative estimate of drug-likeness (QED) is 0.425. The molecule has 2 aromatic carbocycles. The molecule has 2 aliphatic heterocycles. The molecule has 3 aliphatic rings. The minimum atomic E-state index is -1.50. The van der Waals surface area contributed by atoms with Gasteiger partial charge in [0.2, 0.25) is 0 Å². The number of benzene rings is 2. The summed E-state index contributed by atoms with van der Waals surface area (Å²) in [6.07, 6.45) is -3.98. The molecule has 5 rings (SSSR count). The van der Waals surface area contributed by atoms with Gasteiger partial charge in [0.15, 0.2) is 41.0 Å². The van der Waals surface area contributed by atoms with Crippen LogP contribution < -0.4 is 14.2 Å². The molecule has 2 aromatic rings. The lowest BCUT2D eigenvalue weighted by Gasteiger charge is -2.39. The van der Waals surface area contributed by atoms with E-state index >= 15 is 0 Å². The lowest BCUT2D eigenvalue weighted by atomic mass is 9.82. The molecular weight excluding hydrogens is 472 g/mol. The maximum atomic E-state index is 12.2. The number of fused-ring (bicyclic) bond motifs is 2. The maximum absolute atomic E-state index is 12.2. The second-order valence-corrected chi connectivity index (χ2v) is 8.96. The summed E-state index contributed by atoms with van der Waals surface area (Å²) in [6.45, 7) is 1.28. The Kier molecular flexibility index (Phi) is 6.03. The first-order chi connectivity index (χ1) is 17.2. The van der Waals surface area contributed by atoms with Gasteiger partial charge < -0.3 is 44.5 Å². The summed E-state index contributed by atoms with van der Waals surface area (Å²) in [5, 5.41) is 51.5. The van der Waals surface area contributed by atoms with E-state index in [2.05, 4.69) is 0 Å². The van der Waals surface area contributed by atoms with Crippen LogP contribution in [0.1, 0.15) is 30.3 Å². The average molecular weight is 498 g/mol. The second-order valence-electron chi connectivity index (χ2n) is 8.96. The van der Waals surface area contributed by atoms with Crippen molar-refractivity contribution >= 4 is 5.78 Å². The third-order valence-corrected chi connectivity index (χ3v) is 6.76. The smallest absolute Gasteiger partial charge is 0.165 e. The number of hydrogen-bond donors (Lipinski definition) is 5. The molecule has 6 atom stereocenters. The van der Waals surface area contributed by atoms with Gasteiger partial charge in [-0.3, -0.25) is 4.79 Å². The van der Waals surface area contributed by atoms with Gasteiger partial charge >= 0.3 is 0 Å². The van der Waals surface area contributed by atoms with Crippen LogP contribution in [0.4, 0.5) is 0 Å². The summed E-state index contributed by atoms with van der Waals surface area (Å²) in [6, 6.07) is 9.47. The number of ether oxygens (including phenoxy) is 4. The van der Waals surface area contributed by atoms with Gasteiger partial charge in [0.1, 0.15) is 29.8 Å². The number of rotatable bonds is 4. The van der Waals surface area contributed by atoms with Crippen molar-refractivity contribution in [3.63, 3.8) is 0 Å². The molecule has 0 radical (unpaired) electrons. The third-order valence-electron chi connectivity index (χ3n) is 6.76. The normalized spacial score (nSPS) is 29.4. The van der Waals surface area contributed by atoms with Crippen LogP contribution in [0.2, 0.25) is 0 Å². The zero-order valence-corrected chi connectivity index (χ0v) is 19.5. The molecule has 5 N–H and O–H groups in total. The fourth-order valence-electron chi connectivity index (χ4n) is 4.76. The molecular formula is C26H26O10. The van der Waals surface area contributed by atoms with Crippen LogP contribution in [0.15, 0.2) is 59.6 Å². The number of phenols is 1. The van der Waals surface area contributed by atoms with Crippen LogP contribution in [-0.4, -0.2) is 63.3 Å². The van der Waals surface area contributed by atoms with Crippen molar-refractivity contribution in [2.45, 2.75) is 37.4 Å². The molecule has 0 saturated heterocycles. The van der Waals surface area contributed by atoms with Crippen molar-refractivity contribution in [1.29, 1.82) is 0 Å². The molecule has 0 saturated carbocycles.